The summed E-state index contributed by atoms with van der Waals surface area (Å²) in [6, 6.07) is 0. The van der Waals surface area contributed by atoms with Crippen LogP contribution >= 0.6 is 0 Å². The third-order valence-corrected chi connectivity index (χ3v) is 7.49. The molecule has 0 spiro atoms. The molecule has 1 saturated carbocycles. The maximum atomic E-state index is 6.84. The van der Waals surface area contributed by atoms with Crippen LogP contribution in [0.4, 0.5) is 0 Å². The molecule has 3 heteroatoms. The molecular weight excluding hydrogens is 384 g/mol. The monoisotopic (exact) mass is 436 g/mol. The van der Waals surface area contributed by atoms with E-state index in [2.05, 4.69) is 13.5 Å². The summed E-state index contributed by atoms with van der Waals surface area (Å²) in [5.74, 6) is 0.770. The zero-order valence-electron chi connectivity index (χ0n) is 20.7. The summed E-state index contributed by atoms with van der Waals surface area (Å²) in [4.78, 5) is 0. The first-order chi connectivity index (χ1) is 15.3. The van der Waals surface area contributed by atoms with E-state index in [1.807, 2.05) is 0 Å². The molecule has 0 radical (unpaired) electrons. The molecule has 1 saturated heterocycles. The van der Waals surface area contributed by atoms with E-state index in [0.29, 0.717) is 6.10 Å². The lowest BCUT2D eigenvalue weighted by Crippen LogP contribution is -2.43. The molecule has 2 rings (SSSR count). The summed E-state index contributed by atoms with van der Waals surface area (Å²) in [5, 5.41) is 0. The summed E-state index contributed by atoms with van der Waals surface area (Å²) >= 11 is 0. The van der Waals surface area contributed by atoms with Gasteiger partial charge in [-0.25, -0.2) is 0 Å². The molecule has 0 aromatic rings. The second kappa shape index (κ2) is 17.0. The molecule has 31 heavy (non-hydrogen) atoms. The predicted octanol–water partition coefficient (Wildman–Crippen LogP) is 8.36. The molecule has 2 fully saturated rings. The average molecular weight is 437 g/mol. The van der Waals surface area contributed by atoms with E-state index in [1.165, 1.54) is 116 Å². The van der Waals surface area contributed by atoms with Crippen LogP contribution in [-0.4, -0.2) is 31.5 Å². The van der Waals surface area contributed by atoms with E-state index in [4.69, 9.17) is 14.2 Å². The molecular formula is C28H52O3. The summed E-state index contributed by atoms with van der Waals surface area (Å²) in [7, 11) is 0. The zero-order chi connectivity index (χ0) is 22.0. The molecule has 3 nitrogen and oxygen atoms in total. The molecule has 0 amide bonds. The van der Waals surface area contributed by atoms with E-state index >= 15 is 0 Å². The normalized spacial score (nSPS) is 21.0. The van der Waals surface area contributed by atoms with Gasteiger partial charge in [0.25, 0.3) is 0 Å². The van der Waals surface area contributed by atoms with Crippen LogP contribution < -0.4 is 0 Å². The van der Waals surface area contributed by atoms with Gasteiger partial charge >= 0.3 is 0 Å². The summed E-state index contributed by atoms with van der Waals surface area (Å²) in [6.07, 6.45) is 27.5. The van der Waals surface area contributed by atoms with Crippen molar-refractivity contribution in [2.45, 2.75) is 141 Å². The highest BCUT2D eigenvalue weighted by atomic mass is 16.6. The second-order valence-corrected chi connectivity index (χ2v) is 10.1. The quantitative estimate of drug-likeness (QED) is 0.103. The predicted molar refractivity (Wildman–Crippen MR) is 131 cm³/mol. The van der Waals surface area contributed by atoms with Gasteiger partial charge in [0.05, 0.1) is 31.7 Å². The number of rotatable bonds is 21. The summed E-state index contributed by atoms with van der Waals surface area (Å²) < 4.78 is 17.6. The molecule has 1 aliphatic carbocycles. The van der Waals surface area contributed by atoms with Crippen molar-refractivity contribution in [3.63, 3.8) is 0 Å². The van der Waals surface area contributed by atoms with Crippen molar-refractivity contribution < 1.29 is 14.2 Å². The first-order valence-corrected chi connectivity index (χ1v) is 13.8. The van der Waals surface area contributed by atoms with Crippen molar-refractivity contribution in [2.75, 3.05) is 19.8 Å². The van der Waals surface area contributed by atoms with Crippen LogP contribution in [-0.2, 0) is 14.2 Å². The average Bonchev–Trinajstić information content (AvgIpc) is 3.63. The van der Waals surface area contributed by atoms with E-state index in [1.54, 1.807) is 6.26 Å². The van der Waals surface area contributed by atoms with E-state index in [-0.39, 0.29) is 5.60 Å². The van der Waals surface area contributed by atoms with Gasteiger partial charge in [0.1, 0.15) is 6.10 Å². The van der Waals surface area contributed by atoms with Crippen molar-refractivity contribution >= 4 is 0 Å². The zero-order valence-corrected chi connectivity index (χ0v) is 20.7. The van der Waals surface area contributed by atoms with Crippen LogP contribution in [0.1, 0.15) is 129 Å². The van der Waals surface area contributed by atoms with Gasteiger partial charge in [-0.3, -0.25) is 0 Å². The lowest BCUT2D eigenvalue weighted by atomic mass is 9.71. The fraction of sp³-hybridized carbons (Fsp3) is 0.929. The Bertz CT molecular complexity index is 428. The number of hydrogen-bond acceptors (Lipinski definition) is 3. The van der Waals surface area contributed by atoms with Gasteiger partial charge in [-0.1, -0.05) is 103 Å². The van der Waals surface area contributed by atoms with Gasteiger partial charge in [-0.2, -0.15) is 0 Å². The third kappa shape index (κ3) is 11.8. The number of hydrogen-bond donors (Lipinski definition) is 0. The largest absolute Gasteiger partial charge is 0.502 e. The van der Waals surface area contributed by atoms with Crippen molar-refractivity contribution in [1.82, 2.24) is 0 Å². The van der Waals surface area contributed by atoms with Crippen LogP contribution in [0.2, 0.25) is 0 Å². The van der Waals surface area contributed by atoms with Crippen molar-refractivity contribution in [1.29, 1.82) is 0 Å². The Kier molecular flexibility index (Phi) is 14.7. The number of unbranched alkanes of at least 4 members (excludes halogenated alkanes) is 10. The molecule has 1 heterocycles. The first-order valence-electron chi connectivity index (χ1n) is 13.8. The summed E-state index contributed by atoms with van der Waals surface area (Å²) in [6.45, 7) is 8.47. The lowest BCUT2D eigenvalue weighted by molar-refractivity contribution is -0.114. The van der Waals surface area contributed by atoms with Gasteiger partial charge in [0.15, 0.2) is 0 Å². The fourth-order valence-corrected chi connectivity index (χ4v) is 5.45. The van der Waals surface area contributed by atoms with Crippen molar-refractivity contribution in [2.24, 2.45) is 5.92 Å². The highest BCUT2D eigenvalue weighted by Gasteiger charge is 2.40. The molecule has 182 valence electrons. The van der Waals surface area contributed by atoms with Crippen molar-refractivity contribution in [3.8, 4) is 0 Å². The fourth-order valence-electron chi connectivity index (χ4n) is 5.45. The smallest absolute Gasteiger partial charge is 0.104 e. The third-order valence-electron chi connectivity index (χ3n) is 7.49. The molecule has 1 aliphatic heterocycles. The number of epoxide rings is 1. The second-order valence-electron chi connectivity index (χ2n) is 10.1. The van der Waals surface area contributed by atoms with Crippen LogP contribution in [0.25, 0.3) is 0 Å². The van der Waals surface area contributed by atoms with Gasteiger partial charge < -0.3 is 14.2 Å². The van der Waals surface area contributed by atoms with Crippen molar-refractivity contribution in [3.05, 3.63) is 12.8 Å². The molecule has 0 aromatic carbocycles. The molecule has 0 bridgehead atoms. The Hall–Kier alpha value is -0.540. The lowest BCUT2D eigenvalue weighted by Gasteiger charge is -2.43. The van der Waals surface area contributed by atoms with Crippen LogP contribution in [0.5, 0.6) is 0 Å². The topological polar surface area (TPSA) is 31.0 Å². The van der Waals surface area contributed by atoms with E-state index in [9.17, 15) is 0 Å². The minimum absolute atomic E-state index is 0.120. The highest BCUT2D eigenvalue weighted by molar-refractivity contribution is 4.91. The minimum atomic E-state index is 0.120. The maximum absolute atomic E-state index is 6.84. The van der Waals surface area contributed by atoms with E-state index < -0.39 is 0 Å². The van der Waals surface area contributed by atoms with Crippen LogP contribution in [0.15, 0.2) is 12.8 Å². The van der Waals surface area contributed by atoms with E-state index in [0.717, 1.165) is 32.2 Å². The Morgan fingerprint density at radius 2 is 1.42 bits per heavy atom. The van der Waals surface area contributed by atoms with Crippen LogP contribution in [0.3, 0.4) is 0 Å². The Labute approximate surface area is 193 Å². The van der Waals surface area contributed by atoms with Gasteiger partial charge in [0, 0.05) is 0 Å². The summed E-state index contributed by atoms with van der Waals surface area (Å²) in [5.41, 5.74) is 0.120. The maximum Gasteiger partial charge on any atom is 0.104 e. The Morgan fingerprint density at radius 1 is 0.839 bits per heavy atom. The molecule has 0 N–H and O–H groups in total. The number of ether oxygens (including phenoxy) is 3. The van der Waals surface area contributed by atoms with Gasteiger partial charge in [-0.15, -0.1) is 0 Å². The SMILES string of the molecule is C=COCCCCCCCCC(CCCCCCCC)(OCC1CO1)C1CCCCC1. The molecule has 0 aromatic heterocycles. The van der Waals surface area contributed by atoms with Gasteiger partial charge in [-0.05, 0) is 38.0 Å². The standard InChI is InChI=1S/C28H52O3/c1-3-5-6-7-10-16-21-28(31-25-27-24-30-27,26-19-14-13-15-20-26)22-17-11-8-9-12-18-23-29-4-2/h4,26-27H,2-3,5-25H2,1H3. The molecule has 2 aliphatic rings. The molecule has 2 atom stereocenters. The Morgan fingerprint density at radius 3 is 2.00 bits per heavy atom. The Balaban J connectivity index is 1.80. The first kappa shape index (κ1) is 26.7. The highest BCUT2D eigenvalue weighted by Crippen LogP contribution is 2.42. The minimum Gasteiger partial charge on any atom is -0.502 e. The van der Waals surface area contributed by atoms with Gasteiger partial charge in [0.2, 0.25) is 0 Å². The van der Waals surface area contributed by atoms with Crippen LogP contribution in [0, 0.1) is 5.92 Å². The molecule has 2 unspecified atom stereocenters.